The van der Waals surface area contributed by atoms with E-state index in [0.717, 1.165) is 22.4 Å². The van der Waals surface area contributed by atoms with Crippen LogP contribution in [-0.2, 0) is 19.8 Å². The van der Waals surface area contributed by atoms with Gasteiger partial charge in [0, 0.05) is 22.1 Å². The molecule has 3 rings (SSSR count). The summed E-state index contributed by atoms with van der Waals surface area (Å²) in [5.41, 5.74) is 8.68. The average Bonchev–Trinajstić information content (AvgIpc) is 2.62. The second-order valence-electron chi connectivity index (χ2n) is 8.32. The van der Waals surface area contributed by atoms with Crippen molar-refractivity contribution < 1.29 is 19.1 Å². The molecule has 8 heteroatoms. The van der Waals surface area contributed by atoms with Gasteiger partial charge in [0.05, 0.1) is 18.5 Å². The summed E-state index contributed by atoms with van der Waals surface area (Å²) in [4.78, 5) is 26.0. The molecule has 1 aliphatic carbocycles. The molecule has 8 nitrogen and oxygen atoms in total. The maximum atomic E-state index is 12.0. The third kappa shape index (κ3) is 4.01. The molecule has 154 valence electrons. The summed E-state index contributed by atoms with van der Waals surface area (Å²) in [6.45, 7) is 9.01. The first-order chi connectivity index (χ1) is 13.5. The Balaban J connectivity index is 2.05. The van der Waals surface area contributed by atoms with Crippen LogP contribution >= 0.6 is 0 Å². The lowest BCUT2D eigenvalue weighted by molar-refractivity contribution is -0.160. The van der Waals surface area contributed by atoms with Crippen molar-refractivity contribution in [2.75, 3.05) is 19.5 Å². The highest BCUT2D eigenvalue weighted by Gasteiger charge is 2.41. The van der Waals surface area contributed by atoms with Crippen LogP contribution in [0.4, 0.5) is 5.82 Å². The molecule has 29 heavy (non-hydrogen) atoms. The van der Waals surface area contributed by atoms with E-state index < -0.39 is 17.0 Å². The van der Waals surface area contributed by atoms with Gasteiger partial charge in [0.15, 0.2) is 0 Å². The quantitative estimate of drug-likeness (QED) is 0.622. The molecule has 0 spiro atoms. The van der Waals surface area contributed by atoms with E-state index in [1.165, 1.54) is 6.33 Å². The first-order valence-electron chi connectivity index (χ1n) is 9.26. The number of nitrogens with two attached hydrogens (primary N) is 1. The number of hydrogen-bond acceptors (Lipinski definition) is 8. The van der Waals surface area contributed by atoms with Crippen molar-refractivity contribution in [3.05, 3.63) is 35.7 Å². The lowest BCUT2D eigenvalue weighted by Crippen LogP contribution is -2.36. The molecule has 0 saturated carbocycles. The summed E-state index contributed by atoms with van der Waals surface area (Å²) in [5.74, 6) is 0.552. The number of rotatable bonds is 4. The first kappa shape index (κ1) is 20.6. The molecular weight excluding hydrogens is 372 g/mol. The van der Waals surface area contributed by atoms with Gasteiger partial charge in [0.25, 0.3) is 0 Å². The number of esters is 1. The molecule has 2 N–H and O–H groups in total. The molecular formula is C21H26N4O4. The predicted octanol–water partition coefficient (Wildman–Crippen LogP) is 3.09. The number of nitrogens with zero attached hydrogens (tertiary/aromatic N) is 3. The van der Waals surface area contributed by atoms with Crippen LogP contribution in [0.1, 0.15) is 45.7 Å². The van der Waals surface area contributed by atoms with E-state index in [4.69, 9.17) is 20.0 Å². The fourth-order valence-corrected chi connectivity index (χ4v) is 3.41. The zero-order valence-electron chi connectivity index (χ0n) is 17.6. The van der Waals surface area contributed by atoms with E-state index in [-0.39, 0.29) is 6.61 Å². The first-order valence-corrected chi connectivity index (χ1v) is 9.26. The second-order valence-corrected chi connectivity index (χ2v) is 8.32. The van der Waals surface area contributed by atoms with Crippen LogP contribution in [0.3, 0.4) is 0 Å². The van der Waals surface area contributed by atoms with Crippen molar-refractivity contribution in [1.82, 2.24) is 9.97 Å². The Labute approximate surface area is 170 Å². The van der Waals surface area contributed by atoms with Gasteiger partial charge in [0.2, 0.25) is 6.61 Å². The van der Waals surface area contributed by atoms with Gasteiger partial charge >= 0.3 is 5.97 Å². The number of oxime groups is 1. The van der Waals surface area contributed by atoms with Crippen LogP contribution in [0.5, 0.6) is 5.75 Å². The molecule has 0 radical (unpaired) electrons. The number of ether oxygens (including phenoxy) is 2. The average molecular weight is 398 g/mol. The van der Waals surface area contributed by atoms with Crippen molar-refractivity contribution in [3.8, 4) is 17.0 Å². The van der Waals surface area contributed by atoms with Crippen LogP contribution in [0.25, 0.3) is 11.3 Å². The molecule has 0 aliphatic heterocycles. The highest BCUT2D eigenvalue weighted by molar-refractivity contribution is 6.15. The van der Waals surface area contributed by atoms with Crippen molar-refractivity contribution in [3.63, 3.8) is 0 Å². The number of benzene rings is 1. The fourth-order valence-electron chi connectivity index (χ4n) is 3.41. The molecule has 1 heterocycles. The van der Waals surface area contributed by atoms with Crippen molar-refractivity contribution in [2.24, 2.45) is 5.16 Å². The van der Waals surface area contributed by atoms with Gasteiger partial charge in [-0.2, -0.15) is 0 Å². The summed E-state index contributed by atoms with van der Waals surface area (Å²) >= 11 is 0. The van der Waals surface area contributed by atoms with Crippen molar-refractivity contribution >= 4 is 17.5 Å². The number of fused-ring (bicyclic) bond motifs is 3. The Bertz CT molecular complexity index is 977. The molecule has 0 saturated heterocycles. The zero-order chi connectivity index (χ0) is 21.4. The van der Waals surface area contributed by atoms with Gasteiger partial charge < -0.3 is 20.0 Å². The predicted molar refractivity (Wildman–Crippen MR) is 110 cm³/mol. The van der Waals surface area contributed by atoms with Crippen LogP contribution in [-0.4, -0.2) is 41.0 Å². The number of anilines is 1. The largest absolute Gasteiger partial charge is 0.497 e. The lowest BCUT2D eigenvalue weighted by atomic mass is 9.70. The van der Waals surface area contributed by atoms with Crippen LogP contribution < -0.4 is 10.5 Å². The zero-order valence-corrected chi connectivity index (χ0v) is 17.6. The number of methoxy groups -OCH3 is 1. The third-order valence-electron chi connectivity index (χ3n) is 4.59. The number of carbonyl (C=O) groups is 1. The smallest absolute Gasteiger partial charge is 0.347 e. The van der Waals surface area contributed by atoms with E-state index in [1.807, 2.05) is 32.0 Å². The highest BCUT2D eigenvalue weighted by Crippen LogP contribution is 2.45. The molecule has 1 aliphatic rings. The topological polar surface area (TPSA) is 109 Å². The maximum absolute atomic E-state index is 12.0. The third-order valence-corrected chi connectivity index (χ3v) is 4.59. The van der Waals surface area contributed by atoms with Crippen molar-refractivity contribution in [1.29, 1.82) is 0 Å². The maximum Gasteiger partial charge on any atom is 0.347 e. The minimum absolute atomic E-state index is 0.302. The fraction of sp³-hybridized carbons (Fsp3) is 0.429. The van der Waals surface area contributed by atoms with Crippen LogP contribution in [0.15, 0.2) is 29.7 Å². The molecule has 0 amide bonds. The van der Waals surface area contributed by atoms with Crippen LogP contribution in [0, 0.1) is 0 Å². The normalized spacial score (nSPS) is 16.0. The van der Waals surface area contributed by atoms with Gasteiger partial charge in [-0.25, -0.2) is 14.8 Å². The monoisotopic (exact) mass is 398 g/mol. The molecule has 0 unspecified atom stereocenters. The summed E-state index contributed by atoms with van der Waals surface area (Å²) in [7, 11) is 1.60. The van der Waals surface area contributed by atoms with Gasteiger partial charge in [-0.1, -0.05) is 5.16 Å². The number of nitrogen functional groups attached to an aromatic ring is 1. The number of hydrogen-bond donors (Lipinski definition) is 1. The Morgan fingerprint density at radius 1 is 1.21 bits per heavy atom. The SMILES string of the molecule is COc1ccc2c(c1)C(=NOCC(=O)OC(C)(C)C)C(C)(C)c1c(N)ncnc1-2. The van der Waals surface area contributed by atoms with Gasteiger partial charge in [-0.05, 0) is 52.8 Å². The van der Waals surface area contributed by atoms with Gasteiger partial charge in [-0.3, -0.25) is 0 Å². The summed E-state index contributed by atoms with van der Waals surface area (Å²) in [6, 6.07) is 5.62. The Hall–Kier alpha value is -3.16. The Morgan fingerprint density at radius 2 is 1.93 bits per heavy atom. The van der Waals surface area contributed by atoms with E-state index in [9.17, 15) is 4.79 Å². The Morgan fingerprint density at radius 3 is 2.59 bits per heavy atom. The molecule has 1 aromatic heterocycles. The standard InChI is InChI=1S/C21H26N4O4/c1-20(2,3)29-15(26)10-28-25-18-14-9-12(27-6)7-8-13(14)17-16(21(18,4)5)19(22)24-11-23-17/h7-9,11H,10H2,1-6H3,(H2,22,23,24). The number of carbonyl (C=O) groups excluding carboxylic acids is 1. The van der Waals surface area contributed by atoms with Gasteiger partial charge in [0.1, 0.15) is 23.5 Å². The van der Waals surface area contributed by atoms with Crippen LogP contribution in [0.2, 0.25) is 0 Å². The Kier molecular flexibility index (Phi) is 5.21. The van der Waals surface area contributed by atoms with Crippen molar-refractivity contribution in [2.45, 2.75) is 45.6 Å². The minimum atomic E-state index is -0.659. The summed E-state index contributed by atoms with van der Waals surface area (Å²) in [6.07, 6.45) is 1.44. The van der Waals surface area contributed by atoms with E-state index in [1.54, 1.807) is 27.9 Å². The van der Waals surface area contributed by atoms with Gasteiger partial charge in [-0.15, -0.1) is 0 Å². The van der Waals surface area contributed by atoms with E-state index >= 15 is 0 Å². The number of aromatic nitrogens is 2. The molecule has 0 fully saturated rings. The summed E-state index contributed by atoms with van der Waals surface area (Å²) in [5, 5.41) is 4.31. The molecule has 0 atom stereocenters. The minimum Gasteiger partial charge on any atom is -0.497 e. The van der Waals surface area contributed by atoms with E-state index in [0.29, 0.717) is 17.3 Å². The second kappa shape index (κ2) is 7.35. The lowest BCUT2D eigenvalue weighted by Gasteiger charge is -2.34. The van der Waals surface area contributed by atoms with E-state index in [2.05, 4.69) is 15.1 Å². The molecule has 2 aromatic rings. The molecule has 0 bridgehead atoms. The summed E-state index contributed by atoms with van der Waals surface area (Å²) < 4.78 is 10.6. The highest BCUT2D eigenvalue weighted by atomic mass is 16.7. The molecule has 1 aromatic carbocycles.